The molecule has 2 aliphatic rings. The van der Waals surface area contributed by atoms with Crippen molar-refractivity contribution >= 4 is 0 Å². The summed E-state index contributed by atoms with van der Waals surface area (Å²) in [6.07, 6.45) is 1.22. The zero-order chi connectivity index (χ0) is 12.4. The molecule has 0 aromatic heterocycles. The Morgan fingerprint density at radius 1 is 1.28 bits per heavy atom. The van der Waals surface area contributed by atoms with E-state index >= 15 is 0 Å². The topological polar surface area (TPSA) is 47.7 Å². The number of fused-ring (bicyclic) bond motifs is 1. The first-order valence-electron chi connectivity index (χ1n) is 6.66. The minimum absolute atomic E-state index is 0.175. The van der Waals surface area contributed by atoms with E-state index in [-0.39, 0.29) is 6.10 Å². The molecule has 18 heavy (non-hydrogen) atoms. The van der Waals surface area contributed by atoms with E-state index in [2.05, 4.69) is 23.1 Å². The predicted molar refractivity (Wildman–Crippen MR) is 69.7 cm³/mol. The first-order chi connectivity index (χ1) is 8.88. The lowest BCUT2D eigenvalue weighted by Gasteiger charge is -2.40. The number of nitrogens with two attached hydrogens (primary N) is 1. The molecule has 2 N–H and O–H groups in total. The van der Waals surface area contributed by atoms with Crippen LogP contribution in [-0.4, -0.2) is 43.9 Å². The molecule has 2 atom stereocenters. The molecule has 98 valence electrons. The van der Waals surface area contributed by atoms with Gasteiger partial charge in [0.15, 0.2) is 0 Å². The number of benzene rings is 1. The van der Waals surface area contributed by atoms with E-state index in [1.54, 1.807) is 0 Å². The summed E-state index contributed by atoms with van der Waals surface area (Å²) >= 11 is 0. The van der Waals surface area contributed by atoms with Gasteiger partial charge < -0.3 is 15.2 Å². The molecule has 0 spiro atoms. The maximum atomic E-state index is 5.72. The van der Waals surface area contributed by atoms with Gasteiger partial charge in [0.2, 0.25) is 0 Å². The minimum atomic E-state index is 0.175. The summed E-state index contributed by atoms with van der Waals surface area (Å²) in [5.74, 6) is 1.03. The standard InChI is InChI=1S/C14H20N2O2/c15-9-11-10-16(6-8-17-11)13-5-7-18-14-4-2-1-3-12(13)14/h1-4,11,13H,5-10,15H2. The van der Waals surface area contributed by atoms with Crippen LogP contribution in [0.3, 0.4) is 0 Å². The lowest BCUT2D eigenvalue weighted by atomic mass is 9.98. The molecule has 4 heteroatoms. The molecular formula is C14H20N2O2. The van der Waals surface area contributed by atoms with E-state index in [1.807, 2.05) is 6.07 Å². The average Bonchev–Trinajstić information content (AvgIpc) is 2.47. The summed E-state index contributed by atoms with van der Waals surface area (Å²) in [5, 5.41) is 0. The molecule has 0 amide bonds. The first-order valence-corrected chi connectivity index (χ1v) is 6.66. The van der Waals surface area contributed by atoms with Gasteiger partial charge in [0.05, 0.1) is 19.3 Å². The van der Waals surface area contributed by atoms with Crippen molar-refractivity contribution in [3.63, 3.8) is 0 Å². The Morgan fingerprint density at radius 2 is 2.17 bits per heavy atom. The van der Waals surface area contributed by atoms with E-state index in [0.717, 1.165) is 38.5 Å². The van der Waals surface area contributed by atoms with Crippen molar-refractivity contribution in [2.75, 3.05) is 32.8 Å². The largest absolute Gasteiger partial charge is 0.493 e. The van der Waals surface area contributed by atoms with Gasteiger partial charge in [0.25, 0.3) is 0 Å². The first kappa shape index (κ1) is 12.0. The maximum Gasteiger partial charge on any atom is 0.124 e. The van der Waals surface area contributed by atoms with Crippen LogP contribution >= 0.6 is 0 Å². The van der Waals surface area contributed by atoms with Crippen LogP contribution in [0.4, 0.5) is 0 Å². The Balaban J connectivity index is 1.80. The maximum absolute atomic E-state index is 5.72. The highest BCUT2D eigenvalue weighted by Crippen LogP contribution is 2.36. The molecule has 2 unspecified atom stereocenters. The SMILES string of the molecule is NCC1CN(C2CCOc3ccccc32)CCO1. The summed E-state index contributed by atoms with van der Waals surface area (Å²) in [5.41, 5.74) is 7.02. The Labute approximate surface area is 108 Å². The second-order valence-electron chi connectivity index (χ2n) is 4.91. The van der Waals surface area contributed by atoms with Crippen LogP contribution in [0.15, 0.2) is 24.3 Å². The van der Waals surface area contributed by atoms with E-state index in [0.29, 0.717) is 12.6 Å². The number of ether oxygens (including phenoxy) is 2. The van der Waals surface area contributed by atoms with Crippen LogP contribution in [0.1, 0.15) is 18.0 Å². The van der Waals surface area contributed by atoms with Crippen molar-refractivity contribution in [1.29, 1.82) is 0 Å². The third-order valence-electron chi connectivity index (χ3n) is 3.80. The van der Waals surface area contributed by atoms with Crippen LogP contribution in [0.25, 0.3) is 0 Å². The molecule has 1 aromatic rings. The monoisotopic (exact) mass is 248 g/mol. The summed E-state index contributed by atoms with van der Waals surface area (Å²) in [4.78, 5) is 2.49. The van der Waals surface area contributed by atoms with Crippen molar-refractivity contribution in [2.45, 2.75) is 18.6 Å². The van der Waals surface area contributed by atoms with Crippen LogP contribution in [0, 0.1) is 0 Å². The minimum Gasteiger partial charge on any atom is -0.493 e. The Morgan fingerprint density at radius 3 is 3.06 bits per heavy atom. The van der Waals surface area contributed by atoms with Crippen LogP contribution in [-0.2, 0) is 4.74 Å². The van der Waals surface area contributed by atoms with Crippen LogP contribution in [0.5, 0.6) is 5.75 Å². The summed E-state index contributed by atoms with van der Waals surface area (Å²) in [6, 6.07) is 8.80. The fraction of sp³-hybridized carbons (Fsp3) is 0.571. The van der Waals surface area contributed by atoms with E-state index < -0.39 is 0 Å². The van der Waals surface area contributed by atoms with Gasteiger partial charge in [0.1, 0.15) is 5.75 Å². The lowest BCUT2D eigenvalue weighted by molar-refractivity contribution is -0.0442. The molecule has 0 radical (unpaired) electrons. The summed E-state index contributed by atoms with van der Waals surface area (Å²) < 4.78 is 11.4. The van der Waals surface area contributed by atoms with Crippen molar-refractivity contribution in [3.8, 4) is 5.75 Å². The quantitative estimate of drug-likeness (QED) is 0.853. The zero-order valence-corrected chi connectivity index (χ0v) is 10.5. The van der Waals surface area contributed by atoms with E-state index in [4.69, 9.17) is 15.2 Å². The molecule has 1 fully saturated rings. The van der Waals surface area contributed by atoms with Crippen LogP contribution in [0.2, 0.25) is 0 Å². The molecular weight excluding hydrogens is 228 g/mol. The molecule has 1 saturated heterocycles. The smallest absolute Gasteiger partial charge is 0.124 e. The third kappa shape index (κ3) is 2.23. The highest BCUT2D eigenvalue weighted by molar-refractivity contribution is 5.37. The van der Waals surface area contributed by atoms with Gasteiger partial charge in [-0.25, -0.2) is 0 Å². The lowest BCUT2D eigenvalue weighted by Crippen LogP contribution is -2.47. The van der Waals surface area contributed by atoms with Crippen molar-refractivity contribution in [2.24, 2.45) is 5.73 Å². The van der Waals surface area contributed by atoms with Crippen molar-refractivity contribution in [3.05, 3.63) is 29.8 Å². The van der Waals surface area contributed by atoms with Crippen LogP contribution < -0.4 is 10.5 Å². The van der Waals surface area contributed by atoms with E-state index in [1.165, 1.54) is 5.56 Å². The summed E-state index contributed by atoms with van der Waals surface area (Å²) in [7, 11) is 0. The number of rotatable bonds is 2. The normalized spacial score (nSPS) is 28.5. The molecule has 1 aromatic carbocycles. The van der Waals surface area contributed by atoms with Crippen molar-refractivity contribution < 1.29 is 9.47 Å². The predicted octanol–water partition coefficient (Wildman–Crippen LogP) is 1.17. The van der Waals surface area contributed by atoms with Gasteiger partial charge in [-0.15, -0.1) is 0 Å². The molecule has 0 saturated carbocycles. The molecule has 0 aliphatic carbocycles. The molecule has 4 nitrogen and oxygen atoms in total. The fourth-order valence-corrected chi connectivity index (χ4v) is 2.87. The molecule has 2 aliphatic heterocycles. The highest BCUT2D eigenvalue weighted by atomic mass is 16.5. The number of hydrogen-bond donors (Lipinski definition) is 1. The summed E-state index contributed by atoms with van der Waals surface area (Å²) in [6.45, 7) is 4.08. The number of morpholine rings is 1. The average molecular weight is 248 g/mol. The second-order valence-corrected chi connectivity index (χ2v) is 4.91. The Bertz CT molecular complexity index is 411. The molecule has 3 rings (SSSR count). The van der Waals surface area contributed by atoms with E-state index in [9.17, 15) is 0 Å². The molecule has 0 bridgehead atoms. The van der Waals surface area contributed by atoms with Gasteiger partial charge in [-0.2, -0.15) is 0 Å². The van der Waals surface area contributed by atoms with Gasteiger partial charge in [-0.3, -0.25) is 4.90 Å². The van der Waals surface area contributed by atoms with Gasteiger partial charge in [0, 0.05) is 37.7 Å². The number of para-hydroxylation sites is 1. The zero-order valence-electron chi connectivity index (χ0n) is 10.5. The number of hydrogen-bond acceptors (Lipinski definition) is 4. The van der Waals surface area contributed by atoms with Gasteiger partial charge >= 0.3 is 0 Å². The third-order valence-corrected chi connectivity index (χ3v) is 3.80. The van der Waals surface area contributed by atoms with Gasteiger partial charge in [-0.05, 0) is 6.07 Å². The van der Waals surface area contributed by atoms with Crippen molar-refractivity contribution in [1.82, 2.24) is 4.90 Å². The Hall–Kier alpha value is -1.10. The number of nitrogens with zero attached hydrogens (tertiary/aromatic N) is 1. The Kier molecular flexibility index (Phi) is 3.50. The molecule has 2 heterocycles. The second kappa shape index (κ2) is 5.26. The highest BCUT2D eigenvalue weighted by Gasteiger charge is 2.30. The van der Waals surface area contributed by atoms with Gasteiger partial charge in [-0.1, -0.05) is 18.2 Å². The fourth-order valence-electron chi connectivity index (χ4n) is 2.87.